The Morgan fingerprint density at radius 1 is 1.12 bits per heavy atom. The summed E-state index contributed by atoms with van der Waals surface area (Å²) in [6, 6.07) is 0. The molecule has 0 aromatic heterocycles. The van der Waals surface area contributed by atoms with E-state index in [1.807, 2.05) is 0 Å². The molecule has 0 unspecified atom stereocenters. The third-order valence-corrected chi connectivity index (χ3v) is 0. The van der Waals surface area contributed by atoms with Crippen molar-refractivity contribution in [1.29, 1.82) is 0 Å². The maximum Gasteiger partial charge on any atom is 0 e. The van der Waals surface area contributed by atoms with Crippen LogP contribution in [0.4, 0.5) is 0 Å². The van der Waals surface area contributed by atoms with Crippen molar-refractivity contribution >= 4 is 64.4 Å². The SMILES string of the molecule is O=P(O)(O)O.[CaH2].[LiH].[V]. The predicted octanol–water partition coefficient (Wildman–Crippen LogP) is -2.50. The fraction of sp³-hybridized carbons (Fsp3) is 0. The smallest absolute Gasteiger partial charge is 0 e. The number of hydrogen-bond acceptors (Lipinski definition) is 1. The summed E-state index contributed by atoms with van der Waals surface area (Å²) in [5.41, 5.74) is 0. The van der Waals surface area contributed by atoms with Gasteiger partial charge < -0.3 is 14.7 Å². The van der Waals surface area contributed by atoms with E-state index in [-0.39, 0.29) is 75.2 Å². The van der Waals surface area contributed by atoms with Crippen molar-refractivity contribution in [3.63, 3.8) is 0 Å². The van der Waals surface area contributed by atoms with Gasteiger partial charge in [0.2, 0.25) is 0 Å². The maximum atomic E-state index is 8.88. The van der Waals surface area contributed by atoms with E-state index in [1.54, 1.807) is 0 Å². The van der Waals surface area contributed by atoms with Gasteiger partial charge in [-0.05, 0) is 0 Å². The first kappa shape index (κ1) is 22.4. The van der Waals surface area contributed by atoms with Crippen molar-refractivity contribution in [2.24, 2.45) is 0 Å². The molecule has 0 aromatic carbocycles. The van der Waals surface area contributed by atoms with Gasteiger partial charge in [-0.3, -0.25) is 0 Å². The van der Waals surface area contributed by atoms with Gasteiger partial charge in [-0.1, -0.05) is 0 Å². The van der Waals surface area contributed by atoms with Crippen LogP contribution in [-0.4, -0.2) is 71.3 Å². The zero-order chi connectivity index (χ0) is 4.50. The molecule has 0 fully saturated rings. The predicted molar refractivity (Wildman–Crippen MR) is 30.0 cm³/mol. The third-order valence-electron chi connectivity index (χ3n) is 0. The Hall–Kier alpha value is 2.55. The molecule has 8 heavy (non-hydrogen) atoms. The Morgan fingerprint density at radius 2 is 1.12 bits per heavy atom. The van der Waals surface area contributed by atoms with Crippen LogP contribution in [0.5, 0.6) is 0 Å². The van der Waals surface area contributed by atoms with E-state index in [2.05, 4.69) is 0 Å². The van der Waals surface area contributed by atoms with Crippen LogP contribution in [0.25, 0.3) is 0 Å². The van der Waals surface area contributed by atoms with Gasteiger partial charge in [0.15, 0.2) is 0 Å². The van der Waals surface area contributed by atoms with Gasteiger partial charge in [0.05, 0.1) is 0 Å². The van der Waals surface area contributed by atoms with Crippen LogP contribution >= 0.6 is 7.82 Å². The summed E-state index contributed by atoms with van der Waals surface area (Å²) in [6.45, 7) is 0. The molecule has 0 aliphatic heterocycles. The van der Waals surface area contributed by atoms with Crippen molar-refractivity contribution in [3.05, 3.63) is 0 Å². The maximum absolute atomic E-state index is 8.88. The minimum atomic E-state index is -4.64. The summed E-state index contributed by atoms with van der Waals surface area (Å²) in [4.78, 5) is 21.6. The van der Waals surface area contributed by atoms with Crippen molar-refractivity contribution in [1.82, 2.24) is 0 Å². The molecule has 0 atom stereocenters. The van der Waals surface area contributed by atoms with E-state index in [0.29, 0.717) is 0 Å². The standard InChI is InChI=1S/Ca.Li.H3O4P.V.3H/c;;1-5(2,3)4;;;;/h;;(H3,1,2,3,4);;;;. The number of phosphoric acid groups is 1. The van der Waals surface area contributed by atoms with Gasteiger partial charge in [-0.15, -0.1) is 0 Å². The van der Waals surface area contributed by atoms with Crippen LogP contribution in [0.2, 0.25) is 0 Å². The zero-order valence-corrected chi connectivity index (χ0v) is 4.94. The van der Waals surface area contributed by atoms with Crippen LogP contribution < -0.4 is 0 Å². The van der Waals surface area contributed by atoms with Crippen LogP contribution in [-0.2, 0) is 23.1 Å². The molecule has 0 bridgehead atoms. The van der Waals surface area contributed by atoms with Crippen LogP contribution in [0.15, 0.2) is 0 Å². The molecule has 3 N–H and O–H groups in total. The van der Waals surface area contributed by atoms with Gasteiger partial charge >= 0.3 is 64.4 Å². The first-order valence-electron chi connectivity index (χ1n) is 0.783. The summed E-state index contributed by atoms with van der Waals surface area (Å²) >= 11 is 0. The molecule has 0 heterocycles. The summed E-state index contributed by atoms with van der Waals surface area (Å²) < 4.78 is 8.88. The average Bonchev–Trinajstić information content (AvgIpc) is 0.722. The topological polar surface area (TPSA) is 77.8 Å². The van der Waals surface area contributed by atoms with E-state index in [1.165, 1.54) is 0 Å². The molecule has 0 saturated heterocycles. The van der Waals surface area contributed by atoms with E-state index in [0.717, 1.165) is 0 Å². The fourth-order valence-electron chi connectivity index (χ4n) is 0. The Bertz CT molecular complexity index is 62.2. The Morgan fingerprint density at radius 3 is 1.12 bits per heavy atom. The molecule has 4 nitrogen and oxygen atoms in total. The molecule has 0 spiro atoms. The second kappa shape index (κ2) is 9.55. The van der Waals surface area contributed by atoms with Crippen molar-refractivity contribution in [3.8, 4) is 0 Å². The third kappa shape index (κ3) is 74.9. The van der Waals surface area contributed by atoms with Crippen molar-refractivity contribution < 1.29 is 37.8 Å². The second-order valence-electron chi connectivity index (χ2n) is 0.513. The molecule has 0 saturated carbocycles. The molecule has 0 amide bonds. The quantitative estimate of drug-likeness (QED) is 0.298. The van der Waals surface area contributed by atoms with Gasteiger partial charge in [-0.25, -0.2) is 4.57 Å². The molecule has 43 valence electrons. The molecule has 8 heteroatoms. The Kier molecular flexibility index (Phi) is 26.8. The summed E-state index contributed by atoms with van der Waals surface area (Å²) in [6.07, 6.45) is 0. The molecular weight excluding hydrogens is 193 g/mol. The van der Waals surface area contributed by atoms with Crippen LogP contribution in [0, 0.1) is 0 Å². The molecule has 0 aromatic rings. The van der Waals surface area contributed by atoms with Gasteiger partial charge in [0.25, 0.3) is 0 Å². The Balaban J connectivity index is -0.0000000267. The van der Waals surface area contributed by atoms with E-state index in [4.69, 9.17) is 19.2 Å². The summed E-state index contributed by atoms with van der Waals surface area (Å²) in [7, 11) is -4.64. The average molecular weight is 199 g/mol. The normalized spacial score (nSPS) is 7.38. The zero-order valence-electron chi connectivity index (χ0n) is 2.64. The second-order valence-corrected chi connectivity index (χ2v) is 1.54. The van der Waals surface area contributed by atoms with E-state index in [9.17, 15) is 0 Å². The first-order chi connectivity index (χ1) is 2.00. The Labute approximate surface area is 101 Å². The monoisotopic (exact) mass is 199 g/mol. The van der Waals surface area contributed by atoms with Crippen LogP contribution in [0.3, 0.4) is 0 Å². The molecular formula is H6CaLiO4PV. The molecule has 0 aliphatic rings. The number of rotatable bonds is 0. The summed E-state index contributed by atoms with van der Waals surface area (Å²) in [5, 5.41) is 0. The van der Waals surface area contributed by atoms with Gasteiger partial charge in [0, 0.05) is 18.6 Å². The largest absolute Gasteiger partial charge is 0 e. The summed E-state index contributed by atoms with van der Waals surface area (Å²) in [5.74, 6) is 0. The molecule has 0 rings (SSSR count). The number of hydrogen-bond donors (Lipinski definition) is 3. The molecule has 0 aliphatic carbocycles. The molecule has 1 radical (unpaired) electrons. The van der Waals surface area contributed by atoms with E-state index >= 15 is 0 Å². The minimum absolute atomic E-state index is 0. The first-order valence-corrected chi connectivity index (χ1v) is 2.35. The van der Waals surface area contributed by atoms with Crippen LogP contribution in [0.1, 0.15) is 0 Å². The van der Waals surface area contributed by atoms with Crippen molar-refractivity contribution in [2.75, 3.05) is 0 Å². The fourth-order valence-corrected chi connectivity index (χ4v) is 0. The van der Waals surface area contributed by atoms with E-state index < -0.39 is 7.82 Å². The van der Waals surface area contributed by atoms with Crippen molar-refractivity contribution in [2.45, 2.75) is 0 Å². The van der Waals surface area contributed by atoms with Gasteiger partial charge in [0.1, 0.15) is 0 Å². The van der Waals surface area contributed by atoms with Gasteiger partial charge in [-0.2, -0.15) is 0 Å². The minimum Gasteiger partial charge on any atom is 0 e.